The fourth-order valence-corrected chi connectivity index (χ4v) is 5.47. The van der Waals surface area contributed by atoms with E-state index in [4.69, 9.17) is 4.98 Å². The Morgan fingerprint density at radius 2 is 1.57 bits per heavy atom. The molecule has 5 aromatic rings. The number of hydrogen-bond acceptors (Lipinski definition) is 4. The molecule has 5 rings (SSSR count). The van der Waals surface area contributed by atoms with E-state index in [1.54, 1.807) is 11.3 Å². The van der Waals surface area contributed by atoms with Gasteiger partial charge in [-0.3, -0.25) is 9.78 Å². The first-order valence-electron chi connectivity index (χ1n) is 14.3. The Morgan fingerprint density at radius 3 is 2.24 bits per heavy atom. The van der Waals surface area contributed by atoms with E-state index < -0.39 is 0 Å². The van der Waals surface area contributed by atoms with Crippen molar-refractivity contribution < 1.29 is 30.0 Å². The van der Waals surface area contributed by atoms with Crippen LogP contribution in [-0.4, -0.2) is 15.9 Å². The zero-order chi connectivity index (χ0) is 29.8. The first kappa shape index (κ1) is 33.4. The van der Waals surface area contributed by atoms with Crippen LogP contribution >= 0.6 is 11.3 Å². The molecule has 0 amide bonds. The van der Waals surface area contributed by atoms with E-state index >= 15 is 0 Å². The molecule has 0 aliphatic heterocycles. The molecule has 3 nitrogen and oxygen atoms in total. The third kappa shape index (κ3) is 7.44. The Morgan fingerprint density at radius 1 is 0.929 bits per heavy atom. The predicted molar refractivity (Wildman–Crippen MR) is 175 cm³/mol. The van der Waals surface area contributed by atoms with Gasteiger partial charge in [-0.25, -0.2) is 0 Å². The van der Waals surface area contributed by atoms with Crippen LogP contribution in [0.2, 0.25) is 0 Å². The molecule has 0 unspecified atom stereocenters. The Labute approximate surface area is 268 Å². The Bertz CT molecular complexity index is 1700. The third-order valence-electron chi connectivity index (χ3n) is 8.13. The van der Waals surface area contributed by atoms with E-state index in [2.05, 4.69) is 85.8 Å². The number of aliphatic hydroxyl groups is 1. The maximum absolute atomic E-state index is 11.8. The van der Waals surface area contributed by atoms with E-state index in [1.165, 1.54) is 37.6 Å². The van der Waals surface area contributed by atoms with Gasteiger partial charge in [-0.1, -0.05) is 108 Å². The van der Waals surface area contributed by atoms with Crippen molar-refractivity contribution in [2.75, 3.05) is 0 Å². The molecule has 2 aromatic heterocycles. The molecule has 42 heavy (non-hydrogen) atoms. The fraction of sp³-hybridized carbons (Fsp3) is 0.297. The number of hydrogen-bond donors (Lipinski definition) is 1. The minimum Gasteiger partial charge on any atom is -0.512 e. The number of aromatic nitrogens is 1. The fourth-order valence-electron chi connectivity index (χ4n) is 4.31. The summed E-state index contributed by atoms with van der Waals surface area (Å²) in [7, 11) is 0. The Kier molecular flexibility index (Phi) is 11.1. The summed E-state index contributed by atoms with van der Waals surface area (Å²) < 4.78 is 1.22. The summed E-state index contributed by atoms with van der Waals surface area (Å²) in [6, 6.07) is 29.1. The summed E-state index contributed by atoms with van der Waals surface area (Å²) in [6.07, 6.45) is 4.89. The van der Waals surface area contributed by atoms with Crippen molar-refractivity contribution in [3.05, 3.63) is 102 Å². The van der Waals surface area contributed by atoms with Crippen LogP contribution in [0.3, 0.4) is 0 Å². The minimum absolute atomic E-state index is 0. The van der Waals surface area contributed by atoms with Crippen LogP contribution in [0.15, 0.2) is 90.8 Å². The number of pyridine rings is 1. The second-order valence-electron chi connectivity index (χ2n) is 11.8. The molecule has 0 atom stereocenters. The monoisotopic (exact) mass is 755 g/mol. The standard InChI is InChI=1S/C24H16NS.C13H24O2.Ir/c1-16-13-20(14-18-9-5-6-10-21(16)18)23-24-19(11-12-25-23)15-22(26-24)17-7-3-2-4-8-17;1-7-12(3,4)10(14)9-11(15)13(5,6)8-2;/h2-13,15H,1H3;9,14H,7-8H2,1-6H3;/q-1;;/b;10-9-;. The molecular weight excluding hydrogens is 715 g/mol. The number of carbonyl (C=O) groups is 1. The van der Waals surface area contributed by atoms with E-state index in [0.29, 0.717) is 0 Å². The summed E-state index contributed by atoms with van der Waals surface area (Å²) in [5.41, 5.74) is 3.90. The van der Waals surface area contributed by atoms with Gasteiger partial charge in [-0.2, -0.15) is 0 Å². The molecule has 1 radical (unpaired) electrons. The maximum atomic E-state index is 11.8. The number of nitrogens with zero attached hydrogens (tertiary/aromatic N) is 1. The molecule has 0 aliphatic rings. The van der Waals surface area contributed by atoms with Gasteiger partial charge in [0.15, 0.2) is 5.78 Å². The number of ketones is 1. The average Bonchev–Trinajstić information content (AvgIpc) is 3.42. The van der Waals surface area contributed by atoms with Crippen LogP contribution < -0.4 is 0 Å². The largest absolute Gasteiger partial charge is 0.512 e. The van der Waals surface area contributed by atoms with Crippen molar-refractivity contribution in [1.29, 1.82) is 0 Å². The van der Waals surface area contributed by atoms with Crippen molar-refractivity contribution in [2.45, 2.75) is 61.3 Å². The second kappa shape index (κ2) is 13.9. The zero-order valence-electron chi connectivity index (χ0n) is 25.5. The number of allylic oxidation sites excluding steroid dienone is 2. The van der Waals surface area contributed by atoms with Gasteiger partial charge < -0.3 is 5.11 Å². The quantitative estimate of drug-likeness (QED) is 0.102. The molecule has 0 saturated carbocycles. The molecule has 0 aliphatic carbocycles. The first-order valence-corrected chi connectivity index (χ1v) is 15.1. The van der Waals surface area contributed by atoms with Crippen molar-refractivity contribution in [2.24, 2.45) is 10.8 Å². The van der Waals surface area contributed by atoms with Crippen LogP contribution in [0, 0.1) is 23.8 Å². The normalized spacial score (nSPS) is 12.0. The number of aryl methyl sites for hydroxylation is 1. The molecule has 1 N–H and O–H groups in total. The van der Waals surface area contributed by atoms with Gasteiger partial charge in [-0.15, -0.1) is 40.5 Å². The molecule has 0 saturated heterocycles. The second-order valence-corrected chi connectivity index (χ2v) is 12.9. The van der Waals surface area contributed by atoms with Crippen LogP contribution in [0.1, 0.15) is 59.9 Å². The number of rotatable bonds is 7. The minimum atomic E-state index is -0.377. The van der Waals surface area contributed by atoms with Crippen LogP contribution in [0.5, 0.6) is 0 Å². The Hall–Kier alpha value is -3.11. The van der Waals surface area contributed by atoms with Crippen LogP contribution in [-0.2, 0) is 24.9 Å². The SMILES string of the molecule is CCC(C)(C)C(=O)/C=C(\O)C(C)(C)CC.Cc1cc(-c2nccc3cc(-c4ccccc4)sc23)[c-]c2ccccc12.[Ir]. The van der Waals surface area contributed by atoms with E-state index in [0.717, 1.165) is 29.5 Å². The summed E-state index contributed by atoms with van der Waals surface area (Å²) in [5, 5.41) is 13.5. The topological polar surface area (TPSA) is 50.2 Å². The van der Waals surface area contributed by atoms with Gasteiger partial charge in [0, 0.05) is 58.5 Å². The van der Waals surface area contributed by atoms with E-state index in [-0.39, 0.29) is 42.5 Å². The number of aliphatic hydroxyl groups excluding tert-OH is 1. The third-order valence-corrected chi connectivity index (χ3v) is 9.33. The first-order chi connectivity index (χ1) is 19.5. The molecule has 3 aromatic carbocycles. The van der Waals surface area contributed by atoms with Crippen LogP contribution in [0.4, 0.5) is 0 Å². The maximum Gasteiger partial charge on any atom is 0.164 e. The predicted octanol–water partition coefficient (Wildman–Crippen LogP) is 10.8. The Balaban J connectivity index is 0.000000263. The van der Waals surface area contributed by atoms with Crippen molar-refractivity contribution in [1.82, 2.24) is 4.98 Å². The van der Waals surface area contributed by atoms with Gasteiger partial charge >= 0.3 is 0 Å². The van der Waals surface area contributed by atoms with Gasteiger partial charge in [0.2, 0.25) is 0 Å². The number of fused-ring (bicyclic) bond motifs is 2. The van der Waals surface area contributed by atoms with Gasteiger partial charge in [-0.05, 0) is 35.9 Å². The van der Waals surface area contributed by atoms with Crippen molar-refractivity contribution in [3.8, 4) is 21.7 Å². The zero-order valence-corrected chi connectivity index (χ0v) is 28.8. The van der Waals surface area contributed by atoms with Crippen LogP contribution in [0.25, 0.3) is 42.6 Å². The molecule has 0 bridgehead atoms. The number of benzene rings is 3. The van der Waals surface area contributed by atoms with E-state index in [1.807, 2.05) is 47.7 Å². The average molecular weight is 755 g/mol. The summed E-state index contributed by atoms with van der Waals surface area (Å²) >= 11 is 1.80. The summed E-state index contributed by atoms with van der Waals surface area (Å²) in [4.78, 5) is 17.8. The molecular formula is C37H40IrNO2S-. The number of carbonyl (C=O) groups excluding carboxylic acids is 1. The van der Waals surface area contributed by atoms with Gasteiger partial charge in [0.1, 0.15) is 5.76 Å². The van der Waals surface area contributed by atoms with E-state index in [9.17, 15) is 9.90 Å². The molecule has 221 valence electrons. The van der Waals surface area contributed by atoms with Gasteiger partial charge in [0.25, 0.3) is 0 Å². The molecule has 0 spiro atoms. The van der Waals surface area contributed by atoms with Gasteiger partial charge in [0.05, 0.1) is 0 Å². The smallest absolute Gasteiger partial charge is 0.164 e. The summed E-state index contributed by atoms with van der Waals surface area (Å²) in [5.74, 6) is 0.195. The molecule has 5 heteroatoms. The van der Waals surface area contributed by atoms with Crippen molar-refractivity contribution in [3.63, 3.8) is 0 Å². The molecule has 2 heterocycles. The summed E-state index contributed by atoms with van der Waals surface area (Å²) in [6.45, 7) is 13.8. The molecule has 0 fully saturated rings. The van der Waals surface area contributed by atoms with Crippen molar-refractivity contribution >= 4 is 38.0 Å². The number of thiophene rings is 1.